The molecule has 2 aromatic heterocycles. The Bertz CT molecular complexity index is 2160. The summed E-state index contributed by atoms with van der Waals surface area (Å²) >= 11 is 1.26. The van der Waals surface area contributed by atoms with Crippen LogP contribution in [0.1, 0.15) is 35.5 Å². The van der Waals surface area contributed by atoms with Crippen LogP contribution in [0.15, 0.2) is 106 Å². The largest absolute Gasteiger partial charge is 0.497 e. The van der Waals surface area contributed by atoms with Gasteiger partial charge in [-0.3, -0.25) is 24.3 Å². The number of carbonyl (C=O) groups is 1. The molecule has 1 amide bonds. The highest BCUT2D eigenvalue weighted by Crippen LogP contribution is 2.32. The summed E-state index contributed by atoms with van der Waals surface area (Å²) < 4.78 is 9.39. The van der Waals surface area contributed by atoms with Gasteiger partial charge in [-0.2, -0.15) is 0 Å². The summed E-state index contributed by atoms with van der Waals surface area (Å²) in [7, 11) is 1.58. The molecule has 6 rings (SSSR count). The second-order valence-corrected chi connectivity index (χ2v) is 11.6. The van der Waals surface area contributed by atoms with Crippen molar-refractivity contribution in [2.45, 2.75) is 26.8 Å². The average molecular weight is 620 g/mol. The van der Waals surface area contributed by atoms with Crippen LogP contribution < -0.4 is 24.9 Å². The van der Waals surface area contributed by atoms with Crippen molar-refractivity contribution in [1.29, 1.82) is 0 Å². The lowest BCUT2D eigenvalue weighted by molar-refractivity contribution is -0.384. The number of methoxy groups -OCH3 is 1. The van der Waals surface area contributed by atoms with E-state index in [1.165, 1.54) is 23.5 Å². The van der Waals surface area contributed by atoms with Gasteiger partial charge >= 0.3 is 0 Å². The van der Waals surface area contributed by atoms with Crippen LogP contribution in [-0.2, 0) is 4.79 Å². The van der Waals surface area contributed by atoms with Crippen LogP contribution in [0.5, 0.6) is 5.75 Å². The van der Waals surface area contributed by atoms with E-state index in [0.717, 1.165) is 28.2 Å². The van der Waals surface area contributed by atoms with Crippen LogP contribution in [0.3, 0.4) is 0 Å². The van der Waals surface area contributed by atoms with Crippen LogP contribution in [0.4, 0.5) is 11.4 Å². The molecular weight excluding hydrogens is 590 g/mol. The van der Waals surface area contributed by atoms with Gasteiger partial charge in [-0.15, -0.1) is 0 Å². The van der Waals surface area contributed by atoms with Crippen molar-refractivity contribution in [3.05, 3.63) is 149 Å². The van der Waals surface area contributed by atoms with Gasteiger partial charge in [0.1, 0.15) is 5.75 Å². The molecule has 45 heavy (non-hydrogen) atoms. The molecular formula is C34H29N5O5S. The van der Waals surface area contributed by atoms with Crippen LogP contribution in [0.25, 0.3) is 11.8 Å². The molecule has 3 heterocycles. The summed E-state index contributed by atoms with van der Waals surface area (Å²) in [6.45, 7) is 5.66. The number of para-hydroxylation sites is 1. The molecule has 1 aliphatic heterocycles. The number of aryl methyl sites for hydroxylation is 1. The number of non-ortho nitro benzene ring substituents is 1. The number of aromatic nitrogens is 2. The second kappa shape index (κ2) is 11.9. The Hall–Kier alpha value is -5.55. The van der Waals surface area contributed by atoms with Gasteiger partial charge in [0.05, 0.1) is 33.9 Å². The minimum atomic E-state index is -0.717. The predicted molar refractivity (Wildman–Crippen MR) is 174 cm³/mol. The molecule has 3 aromatic carbocycles. The standard InChI is InChI=1S/C34H29N5O5S/c1-20-18-24(22(3)37(20)26-12-14-27(15-13-26)39(42)43)19-29-33(41)38-31(23-10-16-28(44-4)17-11-23)30(21(2)35-34(38)45-29)32(40)36-25-8-6-5-7-9-25/h5-19,31H,1-4H3,(H,36,40)/b29-19+/t31-/m1/s1. The molecule has 11 heteroatoms. The SMILES string of the molecule is COc1ccc([C@@H]2C(C(=O)Nc3ccccc3)=C(C)N=c3s/c(=C/c4cc(C)n(-c5ccc([N+](=O)[O-])cc5)c4C)c(=O)n32)cc1. The van der Waals surface area contributed by atoms with Gasteiger partial charge in [0, 0.05) is 34.9 Å². The van der Waals surface area contributed by atoms with Crippen molar-refractivity contribution in [3.63, 3.8) is 0 Å². The number of hydrogen-bond donors (Lipinski definition) is 1. The number of nitrogens with zero attached hydrogens (tertiary/aromatic N) is 4. The van der Waals surface area contributed by atoms with Gasteiger partial charge in [-0.1, -0.05) is 41.7 Å². The molecule has 1 atom stereocenters. The number of carbonyl (C=O) groups excluding carboxylic acids is 1. The normalized spacial score (nSPS) is 14.6. The molecule has 0 fully saturated rings. The molecule has 0 spiro atoms. The molecule has 10 nitrogen and oxygen atoms in total. The number of nitro groups is 1. The fraction of sp³-hybridized carbons (Fsp3) is 0.147. The Morgan fingerprint density at radius 2 is 1.71 bits per heavy atom. The molecule has 0 bridgehead atoms. The highest BCUT2D eigenvalue weighted by atomic mass is 32.1. The Balaban J connectivity index is 1.47. The smallest absolute Gasteiger partial charge is 0.271 e. The first-order chi connectivity index (χ1) is 21.7. The van der Waals surface area contributed by atoms with E-state index in [2.05, 4.69) is 5.32 Å². The fourth-order valence-electron chi connectivity index (χ4n) is 5.63. The summed E-state index contributed by atoms with van der Waals surface area (Å²) in [6.07, 6.45) is 1.84. The maximum absolute atomic E-state index is 14.2. The van der Waals surface area contributed by atoms with E-state index in [0.29, 0.717) is 32.0 Å². The summed E-state index contributed by atoms with van der Waals surface area (Å²) in [5.41, 5.74) is 5.41. The lowest BCUT2D eigenvalue weighted by Gasteiger charge is -2.25. The van der Waals surface area contributed by atoms with Crippen molar-refractivity contribution in [2.24, 2.45) is 4.99 Å². The zero-order chi connectivity index (χ0) is 31.8. The average Bonchev–Trinajstić information content (AvgIpc) is 3.49. The molecule has 0 saturated heterocycles. The van der Waals surface area contributed by atoms with Crippen molar-refractivity contribution < 1.29 is 14.5 Å². The summed E-state index contributed by atoms with van der Waals surface area (Å²) in [4.78, 5) is 43.9. The molecule has 1 N–H and O–H groups in total. The van der Waals surface area contributed by atoms with E-state index in [4.69, 9.17) is 9.73 Å². The van der Waals surface area contributed by atoms with Gasteiger partial charge in [0.25, 0.3) is 17.2 Å². The van der Waals surface area contributed by atoms with Gasteiger partial charge in [-0.25, -0.2) is 4.99 Å². The summed E-state index contributed by atoms with van der Waals surface area (Å²) in [5.74, 6) is 0.315. The van der Waals surface area contributed by atoms with Crippen molar-refractivity contribution in [3.8, 4) is 11.4 Å². The van der Waals surface area contributed by atoms with Crippen LogP contribution in [0, 0.1) is 24.0 Å². The number of rotatable bonds is 7. The van der Waals surface area contributed by atoms with E-state index >= 15 is 0 Å². The van der Waals surface area contributed by atoms with Crippen LogP contribution in [-0.4, -0.2) is 27.1 Å². The fourth-order valence-corrected chi connectivity index (χ4v) is 6.67. The number of fused-ring (bicyclic) bond motifs is 1. The first-order valence-corrected chi connectivity index (χ1v) is 14.9. The van der Waals surface area contributed by atoms with Crippen molar-refractivity contribution in [2.75, 3.05) is 12.4 Å². The summed E-state index contributed by atoms with van der Waals surface area (Å²) in [5, 5.41) is 14.1. The highest BCUT2D eigenvalue weighted by Gasteiger charge is 2.32. The Morgan fingerprint density at radius 3 is 2.36 bits per heavy atom. The number of benzene rings is 3. The number of hydrogen-bond acceptors (Lipinski definition) is 7. The zero-order valence-electron chi connectivity index (χ0n) is 25.0. The Labute approximate surface area is 262 Å². The number of allylic oxidation sites excluding steroid dienone is 1. The first-order valence-electron chi connectivity index (χ1n) is 14.1. The number of nitrogens with one attached hydrogen (secondary N) is 1. The van der Waals surface area contributed by atoms with E-state index < -0.39 is 11.0 Å². The molecule has 0 unspecified atom stereocenters. The van der Waals surface area contributed by atoms with Crippen molar-refractivity contribution in [1.82, 2.24) is 9.13 Å². The number of amides is 1. The molecule has 0 radical (unpaired) electrons. The molecule has 5 aromatic rings. The van der Waals surface area contributed by atoms with Gasteiger partial charge in [0.2, 0.25) is 0 Å². The highest BCUT2D eigenvalue weighted by molar-refractivity contribution is 7.07. The van der Waals surface area contributed by atoms with E-state index in [1.54, 1.807) is 55.0 Å². The molecule has 1 aliphatic rings. The minimum Gasteiger partial charge on any atom is -0.497 e. The number of thiazole rings is 1. The second-order valence-electron chi connectivity index (χ2n) is 10.6. The van der Waals surface area contributed by atoms with Crippen molar-refractivity contribution >= 4 is 34.7 Å². The van der Waals surface area contributed by atoms with Gasteiger partial charge in [-0.05, 0) is 80.4 Å². The quantitative estimate of drug-likeness (QED) is 0.198. The molecule has 226 valence electrons. The maximum atomic E-state index is 14.2. The third-order valence-corrected chi connectivity index (χ3v) is 8.79. The monoisotopic (exact) mass is 619 g/mol. The third-order valence-electron chi connectivity index (χ3n) is 7.81. The van der Waals surface area contributed by atoms with Crippen LogP contribution in [0.2, 0.25) is 0 Å². The minimum absolute atomic E-state index is 0.0149. The van der Waals surface area contributed by atoms with Gasteiger partial charge in [0.15, 0.2) is 4.80 Å². The first kappa shape index (κ1) is 29.5. The number of ether oxygens (including phenoxy) is 1. The number of anilines is 1. The number of nitro benzene ring substituents is 1. The predicted octanol–water partition coefficient (Wildman–Crippen LogP) is 5.20. The Kier molecular flexibility index (Phi) is 7.78. The topological polar surface area (TPSA) is 121 Å². The lowest BCUT2D eigenvalue weighted by atomic mass is 9.95. The maximum Gasteiger partial charge on any atom is 0.271 e. The lowest BCUT2D eigenvalue weighted by Crippen LogP contribution is -2.40. The zero-order valence-corrected chi connectivity index (χ0v) is 25.8. The third kappa shape index (κ3) is 5.49. The van der Waals surface area contributed by atoms with E-state index in [1.807, 2.05) is 60.9 Å². The van der Waals surface area contributed by atoms with E-state index in [9.17, 15) is 19.7 Å². The van der Waals surface area contributed by atoms with E-state index in [-0.39, 0.29) is 17.2 Å². The Morgan fingerprint density at radius 1 is 1.02 bits per heavy atom. The molecule has 0 aliphatic carbocycles. The molecule has 0 saturated carbocycles. The van der Waals surface area contributed by atoms with Crippen LogP contribution >= 0.6 is 11.3 Å². The van der Waals surface area contributed by atoms with Gasteiger partial charge < -0.3 is 14.6 Å². The summed E-state index contributed by atoms with van der Waals surface area (Å²) in [6, 6.07) is 24.1.